The second-order valence-electron chi connectivity index (χ2n) is 10.8. The highest BCUT2D eigenvalue weighted by molar-refractivity contribution is 8.01. The zero-order valence-corrected chi connectivity index (χ0v) is 22.8. The summed E-state index contributed by atoms with van der Waals surface area (Å²) in [5.74, 6) is 0.823. The van der Waals surface area contributed by atoms with E-state index < -0.39 is 4.92 Å². The summed E-state index contributed by atoms with van der Waals surface area (Å²) in [6.07, 6.45) is 1.30. The van der Waals surface area contributed by atoms with Crippen molar-refractivity contribution in [3.8, 4) is 0 Å². The first-order valence-electron chi connectivity index (χ1n) is 12.6. The largest absolute Gasteiger partial charge is 0.452 e. The van der Waals surface area contributed by atoms with Crippen molar-refractivity contribution < 1.29 is 14.1 Å². The third kappa shape index (κ3) is 4.13. The molecule has 1 aliphatic heterocycles. The number of carbonyl (C=O) groups excluding carboxylic acids is 1. The Bertz CT molecular complexity index is 1870. The second kappa shape index (κ2) is 8.79. The minimum Gasteiger partial charge on any atom is -0.452 e. The molecule has 0 saturated heterocycles. The van der Waals surface area contributed by atoms with Crippen molar-refractivity contribution in [1.29, 1.82) is 0 Å². The molecule has 194 valence electrons. The average Bonchev–Trinajstić information content (AvgIpc) is 3.53. The van der Waals surface area contributed by atoms with Crippen LogP contribution >= 0.6 is 23.1 Å². The number of anilines is 1. The summed E-state index contributed by atoms with van der Waals surface area (Å²) in [6.45, 7) is 4.32. The van der Waals surface area contributed by atoms with Gasteiger partial charge in [-0.05, 0) is 64.2 Å². The first-order chi connectivity index (χ1) is 18.8. The van der Waals surface area contributed by atoms with Gasteiger partial charge in [-0.15, -0.1) is 11.3 Å². The summed E-state index contributed by atoms with van der Waals surface area (Å²) < 4.78 is 7.79. The molecule has 2 aromatic heterocycles. The smallest absolute Gasteiger partial charge is 0.270 e. The minimum atomic E-state index is -0.403. The van der Waals surface area contributed by atoms with Gasteiger partial charge < -0.3 is 9.73 Å². The predicted molar refractivity (Wildman–Crippen MR) is 154 cm³/mol. The number of nitro benzene ring substituents is 1. The average molecular weight is 554 g/mol. The number of furan rings is 1. The Morgan fingerprint density at radius 3 is 2.79 bits per heavy atom. The zero-order chi connectivity index (χ0) is 26.9. The van der Waals surface area contributed by atoms with Crippen LogP contribution in [0.15, 0.2) is 86.2 Å². The monoisotopic (exact) mass is 553 g/mol. The van der Waals surface area contributed by atoms with E-state index in [9.17, 15) is 14.9 Å². The Kier molecular flexibility index (Phi) is 5.43. The molecule has 0 radical (unpaired) electrons. The van der Waals surface area contributed by atoms with Crippen molar-refractivity contribution in [2.45, 2.75) is 42.2 Å². The number of nitro groups is 1. The lowest BCUT2D eigenvalue weighted by atomic mass is 9.68. The number of hydrogen-bond donors (Lipinski definition) is 1. The molecule has 1 aliphatic carbocycles. The number of nitrogens with one attached hydrogen (secondary N) is 1. The lowest BCUT2D eigenvalue weighted by Gasteiger charge is -2.39. The maximum absolute atomic E-state index is 13.6. The lowest BCUT2D eigenvalue weighted by Crippen LogP contribution is -2.33. The quantitative estimate of drug-likeness (QED) is 0.176. The fourth-order valence-electron chi connectivity index (χ4n) is 5.73. The van der Waals surface area contributed by atoms with E-state index >= 15 is 0 Å². The number of fused-ring (bicyclic) bond motifs is 5. The highest BCUT2D eigenvalue weighted by atomic mass is 32.2. The van der Waals surface area contributed by atoms with Gasteiger partial charge >= 0.3 is 0 Å². The van der Waals surface area contributed by atoms with Crippen LogP contribution in [0.5, 0.6) is 0 Å². The molecule has 3 aromatic carbocycles. The fraction of sp³-hybridized carbons (Fsp3) is 0.200. The summed E-state index contributed by atoms with van der Waals surface area (Å²) >= 11 is 2.76. The van der Waals surface area contributed by atoms with Crippen molar-refractivity contribution in [2.75, 3.05) is 5.32 Å². The van der Waals surface area contributed by atoms with Crippen molar-refractivity contribution in [2.24, 2.45) is 5.41 Å². The molecular formula is C30H23N3O4S2. The standard InChI is InChI=1S/C30H23N3O4S2/c1-30(2)14-19-26-18-6-4-3-5-16(18)7-9-21(26)31-28(27(19)22(34)15-30)23-11-12-25(37-23)39-29-32-20-10-8-17(33(35)36)13-24(20)38-29/h3-13,28,31H,14-15H2,1-2H3. The highest BCUT2D eigenvalue weighted by Gasteiger charge is 2.41. The van der Waals surface area contributed by atoms with E-state index in [-0.39, 0.29) is 22.9 Å². The molecule has 0 spiro atoms. The molecule has 39 heavy (non-hydrogen) atoms. The molecule has 7 rings (SSSR count). The van der Waals surface area contributed by atoms with Gasteiger partial charge in [-0.1, -0.05) is 44.2 Å². The molecule has 0 amide bonds. The second-order valence-corrected chi connectivity index (χ2v) is 13.0. The van der Waals surface area contributed by atoms with E-state index in [1.54, 1.807) is 12.1 Å². The van der Waals surface area contributed by atoms with Gasteiger partial charge in [-0.3, -0.25) is 14.9 Å². The first kappa shape index (κ1) is 24.1. The molecule has 1 unspecified atom stereocenters. The van der Waals surface area contributed by atoms with Crippen LogP contribution in [-0.4, -0.2) is 15.7 Å². The Morgan fingerprint density at radius 2 is 1.95 bits per heavy atom. The Balaban J connectivity index is 1.27. The maximum Gasteiger partial charge on any atom is 0.270 e. The van der Waals surface area contributed by atoms with Gasteiger partial charge in [0.25, 0.3) is 5.69 Å². The van der Waals surface area contributed by atoms with Crippen LogP contribution in [0.4, 0.5) is 11.4 Å². The van der Waals surface area contributed by atoms with Crippen molar-refractivity contribution in [3.05, 3.63) is 93.7 Å². The number of aromatic nitrogens is 1. The van der Waals surface area contributed by atoms with Crippen LogP contribution in [0, 0.1) is 15.5 Å². The van der Waals surface area contributed by atoms with Gasteiger partial charge in [0.05, 0.1) is 15.1 Å². The van der Waals surface area contributed by atoms with Gasteiger partial charge in [0.2, 0.25) is 0 Å². The molecule has 2 aliphatic rings. The van der Waals surface area contributed by atoms with Gasteiger partial charge in [-0.2, -0.15) is 0 Å². The molecule has 1 N–H and O–H groups in total. The van der Waals surface area contributed by atoms with Crippen LogP contribution in [0.2, 0.25) is 0 Å². The predicted octanol–water partition coefficient (Wildman–Crippen LogP) is 8.41. The van der Waals surface area contributed by atoms with Crippen LogP contribution in [0.25, 0.3) is 26.6 Å². The SMILES string of the molecule is CC1(C)CC(=O)C2=C(C1)c1c(ccc3ccccc13)NC2c1ccc(Sc2nc3ccc([N+](=O)[O-])cc3s2)o1. The molecule has 7 nitrogen and oxygen atoms in total. The van der Waals surface area contributed by atoms with E-state index in [0.29, 0.717) is 22.8 Å². The number of hydrogen-bond acceptors (Lipinski definition) is 8. The maximum atomic E-state index is 13.6. The Morgan fingerprint density at radius 1 is 1.10 bits per heavy atom. The van der Waals surface area contributed by atoms with E-state index in [4.69, 9.17) is 4.42 Å². The summed E-state index contributed by atoms with van der Waals surface area (Å²) in [7, 11) is 0. The number of Topliss-reactive ketones (excluding diaryl/α,β-unsaturated/α-hetero) is 1. The van der Waals surface area contributed by atoms with E-state index in [2.05, 4.69) is 48.4 Å². The number of benzene rings is 3. The Labute approximate surface area is 232 Å². The first-order valence-corrected chi connectivity index (χ1v) is 14.3. The van der Waals surface area contributed by atoms with E-state index in [1.807, 2.05) is 24.3 Å². The van der Waals surface area contributed by atoms with Gasteiger partial charge in [0, 0.05) is 35.4 Å². The summed E-state index contributed by atoms with van der Waals surface area (Å²) in [6, 6.07) is 20.6. The zero-order valence-electron chi connectivity index (χ0n) is 21.2. The summed E-state index contributed by atoms with van der Waals surface area (Å²) in [5.41, 5.74) is 4.64. The molecule has 0 saturated carbocycles. The lowest BCUT2D eigenvalue weighted by molar-refractivity contribution is -0.384. The summed E-state index contributed by atoms with van der Waals surface area (Å²) in [4.78, 5) is 29.0. The Hall–Kier alpha value is -3.95. The van der Waals surface area contributed by atoms with Crippen molar-refractivity contribution in [1.82, 2.24) is 4.98 Å². The summed E-state index contributed by atoms with van der Waals surface area (Å²) in [5, 5.41) is 17.7. The molecule has 0 fully saturated rings. The van der Waals surface area contributed by atoms with Crippen LogP contribution in [0.3, 0.4) is 0 Å². The number of carbonyl (C=O) groups is 1. The number of nitrogens with zero attached hydrogens (tertiary/aromatic N) is 2. The normalized spacial score (nSPS) is 18.2. The molecule has 5 aromatic rings. The van der Waals surface area contributed by atoms with Gasteiger partial charge in [-0.25, -0.2) is 4.98 Å². The number of thiazole rings is 1. The van der Waals surface area contributed by atoms with Crippen LogP contribution < -0.4 is 5.32 Å². The minimum absolute atomic E-state index is 0.0452. The topological polar surface area (TPSA) is 98.3 Å². The van der Waals surface area contributed by atoms with Crippen LogP contribution in [0.1, 0.15) is 44.1 Å². The highest BCUT2D eigenvalue weighted by Crippen LogP contribution is 2.52. The fourth-order valence-corrected chi connectivity index (χ4v) is 7.73. The van der Waals surface area contributed by atoms with Gasteiger partial charge in [0.1, 0.15) is 11.8 Å². The number of ketones is 1. The molecule has 1 atom stereocenters. The number of non-ortho nitro benzene ring substituents is 1. The van der Waals surface area contributed by atoms with E-state index in [1.165, 1.54) is 29.2 Å². The molecule has 3 heterocycles. The molecule has 0 bridgehead atoms. The third-order valence-corrected chi connectivity index (χ3v) is 9.38. The van der Waals surface area contributed by atoms with Crippen molar-refractivity contribution >= 4 is 66.8 Å². The molecule has 9 heteroatoms. The van der Waals surface area contributed by atoms with Gasteiger partial charge in [0.15, 0.2) is 15.2 Å². The van der Waals surface area contributed by atoms with E-state index in [0.717, 1.165) is 48.6 Å². The number of allylic oxidation sites excluding steroid dienone is 1. The van der Waals surface area contributed by atoms with Crippen molar-refractivity contribution in [3.63, 3.8) is 0 Å². The third-order valence-electron chi connectivity index (χ3n) is 7.38. The molecular weight excluding hydrogens is 530 g/mol. The number of rotatable bonds is 4. The van der Waals surface area contributed by atoms with Crippen LogP contribution in [-0.2, 0) is 4.79 Å².